The molecule has 98 valence electrons. The van der Waals surface area contributed by atoms with Crippen LogP contribution in [-0.4, -0.2) is 5.75 Å². The molecule has 2 heteroatoms. The molecule has 0 radical (unpaired) electrons. The maximum atomic E-state index is 4.26. The molecule has 0 spiro atoms. The molecule has 0 rings (SSSR count). The zero-order valence-electron chi connectivity index (χ0n) is 11.4. The van der Waals surface area contributed by atoms with E-state index < -0.39 is 0 Å². The normalized spacial score (nSPS) is 15.0. The van der Waals surface area contributed by atoms with Crippen LogP contribution in [0.15, 0.2) is 0 Å². The molecule has 0 heterocycles. The van der Waals surface area contributed by atoms with Gasteiger partial charge in [0.1, 0.15) is 0 Å². The molecule has 0 nitrogen and oxygen atoms in total. The SMILES string of the molecule is CCCCCCC(C)(CCCC)CCSS. The van der Waals surface area contributed by atoms with Crippen LogP contribution in [0.25, 0.3) is 0 Å². The monoisotopic (exact) mass is 262 g/mol. The van der Waals surface area contributed by atoms with Crippen molar-refractivity contribution in [1.29, 1.82) is 0 Å². The number of hydrogen-bond donors (Lipinski definition) is 1. The standard InChI is InChI=1S/C14H30S2/c1-4-6-8-9-11-14(3,10-7-5-2)12-13-16-15/h15H,4-13H2,1-3H3. The first-order chi connectivity index (χ1) is 7.68. The highest BCUT2D eigenvalue weighted by molar-refractivity contribution is 8.68. The van der Waals surface area contributed by atoms with Gasteiger partial charge in [-0.2, -0.15) is 0 Å². The first-order valence-electron chi connectivity index (χ1n) is 6.95. The Balaban J connectivity index is 3.86. The van der Waals surface area contributed by atoms with Crippen molar-refractivity contribution in [3.8, 4) is 0 Å². The number of thiol groups is 1. The third-order valence-electron chi connectivity index (χ3n) is 3.56. The molecule has 0 amide bonds. The van der Waals surface area contributed by atoms with Crippen LogP contribution in [0.2, 0.25) is 0 Å². The van der Waals surface area contributed by atoms with E-state index in [1.165, 1.54) is 63.5 Å². The lowest BCUT2D eigenvalue weighted by atomic mass is 9.78. The molecule has 16 heavy (non-hydrogen) atoms. The van der Waals surface area contributed by atoms with Crippen LogP contribution in [0.5, 0.6) is 0 Å². The van der Waals surface area contributed by atoms with Crippen LogP contribution in [0.4, 0.5) is 0 Å². The lowest BCUT2D eigenvalue weighted by Crippen LogP contribution is -2.17. The summed E-state index contributed by atoms with van der Waals surface area (Å²) < 4.78 is 0. The average Bonchev–Trinajstić information content (AvgIpc) is 2.30. The van der Waals surface area contributed by atoms with Gasteiger partial charge in [0.2, 0.25) is 0 Å². The maximum absolute atomic E-state index is 4.26. The Hall–Kier alpha value is 0.700. The molecule has 0 aromatic heterocycles. The summed E-state index contributed by atoms with van der Waals surface area (Å²) in [5.41, 5.74) is 0.583. The highest BCUT2D eigenvalue weighted by atomic mass is 33.1. The summed E-state index contributed by atoms with van der Waals surface area (Å²) in [6.45, 7) is 7.07. The van der Waals surface area contributed by atoms with Crippen molar-refractivity contribution in [3.63, 3.8) is 0 Å². The Bertz CT molecular complexity index is 138. The van der Waals surface area contributed by atoms with Gasteiger partial charge in [-0.1, -0.05) is 70.1 Å². The van der Waals surface area contributed by atoms with Crippen LogP contribution in [0, 0.1) is 5.41 Å². The van der Waals surface area contributed by atoms with Crippen molar-refractivity contribution in [3.05, 3.63) is 0 Å². The van der Waals surface area contributed by atoms with Crippen molar-refractivity contribution in [1.82, 2.24) is 0 Å². The van der Waals surface area contributed by atoms with Gasteiger partial charge in [0.25, 0.3) is 0 Å². The Morgan fingerprint density at radius 1 is 0.875 bits per heavy atom. The Morgan fingerprint density at radius 2 is 1.50 bits per heavy atom. The number of hydrogen-bond acceptors (Lipinski definition) is 2. The van der Waals surface area contributed by atoms with Crippen molar-refractivity contribution >= 4 is 22.5 Å². The first-order valence-corrected chi connectivity index (χ1v) is 8.98. The van der Waals surface area contributed by atoms with Gasteiger partial charge >= 0.3 is 0 Å². The molecule has 0 aliphatic rings. The molecule has 0 aromatic carbocycles. The van der Waals surface area contributed by atoms with Gasteiger partial charge in [-0.3, -0.25) is 0 Å². The van der Waals surface area contributed by atoms with Crippen molar-refractivity contribution in [2.75, 3.05) is 5.75 Å². The summed E-state index contributed by atoms with van der Waals surface area (Å²) in [5, 5.41) is 0. The fraction of sp³-hybridized carbons (Fsp3) is 1.00. The van der Waals surface area contributed by atoms with E-state index in [0.717, 1.165) is 0 Å². The van der Waals surface area contributed by atoms with Crippen LogP contribution >= 0.6 is 22.5 Å². The third-order valence-corrected chi connectivity index (χ3v) is 4.50. The van der Waals surface area contributed by atoms with E-state index in [1.807, 2.05) is 0 Å². The molecular formula is C14H30S2. The van der Waals surface area contributed by atoms with Crippen LogP contribution in [0.3, 0.4) is 0 Å². The number of rotatable bonds is 11. The minimum Gasteiger partial charge on any atom is -0.111 e. The van der Waals surface area contributed by atoms with Crippen molar-refractivity contribution in [2.45, 2.75) is 78.6 Å². The third kappa shape index (κ3) is 8.81. The van der Waals surface area contributed by atoms with E-state index >= 15 is 0 Å². The van der Waals surface area contributed by atoms with E-state index in [2.05, 4.69) is 32.4 Å². The average molecular weight is 263 g/mol. The summed E-state index contributed by atoms with van der Waals surface area (Å²) in [6.07, 6.45) is 12.5. The first kappa shape index (κ1) is 16.7. The molecular weight excluding hydrogens is 232 g/mol. The topological polar surface area (TPSA) is 0 Å². The van der Waals surface area contributed by atoms with E-state index in [0.29, 0.717) is 5.41 Å². The molecule has 0 aromatic rings. The molecule has 0 fully saturated rings. The summed E-state index contributed by atoms with van der Waals surface area (Å²) in [6, 6.07) is 0. The molecule has 0 aliphatic carbocycles. The minimum atomic E-state index is 0.583. The largest absolute Gasteiger partial charge is 0.111 e. The van der Waals surface area contributed by atoms with Gasteiger partial charge in [0.05, 0.1) is 0 Å². The van der Waals surface area contributed by atoms with Gasteiger partial charge in [-0.05, 0) is 24.7 Å². The Labute approximate surface area is 112 Å². The molecule has 0 saturated heterocycles. The zero-order chi connectivity index (χ0) is 12.3. The van der Waals surface area contributed by atoms with E-state index in [4.69, 9.17) is 0 Å². The van der Waals surface area contributed by atoms with Gasteiger partial charge < -0.3 is 0 Å². The quantitative estimate of drug-likeness (QED) is 0.266. The predicted molar refractivity (Wildman–Crippen MR) is 82.5 cm³/mol. The van der Waals surface area contributed by atoms with Crippen molar-refractivity contribution < 1.29 is 0 Å². The fourth-order valence-electron chi connectivity index (χ4n) is 2.25. The summed E-state index contributed by atoms with van der Waals surface area (Å²) in [5.74, 6) is 1.21. The van der Waals surface area contributed by atoms with Crippen LogP contribution in [-0.2, 0) is 0 Å². The summed E-state index contributed by atoms with van der Waals surface area (Å²) in [7, 11) is 1.70. The second-order valence-electron chi connectivity index (χ2n) is 5.31. The molecule has 1 unspecified atom stereocenters. The maximum Gasteiger partial charge on any atom is 0.00396 e. The Kier molecular flexibility index (Phi) is 11.3. The summed E-state index contributed by atoms with van der Waals surface area (Å²) in [4.78, 5) is 0. The van der Waals surface area contributed by atoms with E-state index in [9.17, 15) is 0 Å². The lowest BCUT2D eigenvalue weighted by molar-refractivity contribution is 0.246. The fourth-order valence-corrected chi connectivity index (χ4v) is 3.11. The second kappa shape index (κ2) is 10.8. The highest BCUT2D eigenvalue weighted by Crippen LogP contribution is 2.35. The van der Waals surface area contributed by atoms with E-state index in [-0.39, 0.29) is 0 Å². The molecule has 0 bridgehead atoms. The highest BCUT2D eigenvalue weighted by Gasteiger charge is 2.22. The second-order valence-corrected chi connectivity index (χ2v) is 6.75. The molecule has 0 N–H and O–H groups in total. The minimum absolute atomic E-state index is 0.583. The predicted octanol–water partition coefficient (Wildman–Crippen LogP) is 6.12. The van der Waals surface area contributed by atoms with Gasteiger partial charge in [0.15, 0.2) is 0 Å². The van der Waals surface area contributed by atoms with E-state index in [1.54, 1.807) is 10.8 Å². The van der Waals surface area contributed by atoms with Gasteiger partial charge in [-0.15, -0.1) is 11.7 Å². The molecule has 1 atom stereocenters. The lowest BCUT2D eigenvalue weighted by Gasteiger charge is -2.29. The van der Waals surface area contributed by atoms with Crippen LogP contribution in [0.1, 0.15) is 78.6 Å². The van der Waals surface area contributed by atoms with Crippen LogP contribution < -0.4 is 0 Å². The molecule has 0 saturated carbocycles. The smallest absolute Gasteiger partial charge is 0.00396 e. The van der Waals surface area contributed by atoms with Crippen molar-refractivity contribution in [2.24, 2.45) is 5.41 Å². The Morgan fingerprint density at radius 3 is 2.06 bits per heavy atom. The number of unbranched alkanes of at least 4 members (excludes halogenated alkanes) is 4. The molecule has 0 aliphatic heterocycles. The zero-order valence-corrected chi connectivity index (χ0v) is 13.1. The summed E-state index contributed by atoms with van der Waals surface area (Å²) >= 11 is 4.26. The van der Waals surface area contributed by atoms with Gasteiger partial charge in [0, 0.05) is 5.75 Å². The van der Waals surface area contributed by atoms with Gasteiger partial charge in [-0.25, -0.2) is 0 Å².